The van der Waals surface area contributed by atoms with Gasteiger partial charge in [-0.15, -0.1) is 0 Å². The lowest BCUT2D eigenvalue weighted by Gasteiger charge is -2.12. The molecule has 18 heavy (non-hydrogen) atoms. The summed E-state index contributed by atoms with van der Waals surface area (Å²) in [7, 11) is 1.79. The van der Waals surface area contributed by atoms with E-state index in [-0.39, 0.29) is 5.91 Å². The van der Waals surface area contributed by atoms with E-state index < -0.39 is 11.9 Å². The first kappa shape index (κ1) is 12.3. The van der Waals surface area contributed by atoms with Gasteiger partial charge in [0.1, 0.15) is 0 Å². The van der Waals surface area contributed by atoms with Crippen LogP contribution in [-0.4, -0.2) is 44.8 Å². The number of hydrogen-bond acceptors (Lipinski definition) is 3. The van der Waals surface area contributed by atoms with Crippen molar-refractivity contribution in [3.63, 3.8) is 0 Å². The van der Waals surface area contributed by atoms with Gasteiger partial charge in [0.2, 0.25) is 5.91 Å². The number of amides is 1. The molecule has 0 unspecified atom stereocenters. The highest BCUT2D eigenvalue weighted by Gasteiger charge is 2.29. The summed E-state index contributed by atoms with van der Waals surface area (Å²) >= 11 is 0. The van der Waals surface area contributed by atoms with E-state index in [9.17, 15) is 9.59 Å². The predicted molar refractivity (Wildman–Crippen MR) is 64.6 cm³/mol. The van der Waals surface area contributed by atoms with E-state index in [0.29, 0.717) is 19.5 Å². The summed E-state index contributed by atoms with van der Waals surface area (Å²) in [6, 6.07) is 1.80. The Balaban J connectivity index is 1.95. The molecular formula is C12H15N3O3. The Morgan fingerprint density at radius 3 is 2.89 bits per heavy atom. The van der Waals surface area contributed by atoms with Gasteiger partial charge < -0.3 is 10.0 Å². The van der Waals surface area contributed by atoms with Crippen molar-refractivity contribution in [3.05, 3.63) is 24.0 Å². The van der Waals surface area contributed by atoms with Crippen LogP contribution in [0.3, 0.4) is 0 Å². The van der Waals surface area contributed by atoms with Gasteiger partial charge >= 0.3 is 5.97 Å². The lowest BCUT2D eigenvalue weighted by atomic mass is 10.1. The van der Waals surface area contributed by atoms with Gasteiger partial charge in [-0.3, -0.25) is 14.3 Å². The van der Waals surface area contributed by atoms with Gasteiger partial charge in [0, 0.05) is 32.4 Å². The Labute approximate surface area is 105 Å². The average Bonchev–Trinajstić information content (AvgIpc) is 2.94. The van der Waals surface area contributed by atoms with Crippen LogP contribution in [-0.2, 0) is 16.6 Å². The molecule has 1 N–H and O–H groups in total. The Bertz CT molecular complexity index is 493. The fourth-order valence-electron chi connectivity index (χ4n) is 1.97. The number of aliphatic carboxylic acids is 1. The molecule has 1 fully saturated rings. The Hall–Kier alpha value is -2.11. The van der Waals surface area contributed by atoms with Crippen molar-refractivity contribution in [3.8, 4) is 0 Å². The maximum absolute atomic E-state index is 11.8. The highest BCUT2D eigenvalue weighted by atomic mass is 16.4. The number of carboxylic acids is 1. The number of aryl methyl sites for hydroxylation is 1. The molecule has 1 saturated heterocycles. The molecule has 1 aliphatic heterocycles. The first-order chi connectivity index (χ1) is 8.58. The summed E-state index contributed by atoms with van der Waals surface area (Å²) in [6.07, 6.45) is 5.33. The Morgan fingerprint density at radius 1 is 1.56 bits per heavy atom. The minimum atomic E-state index is -0.832. The fourth-order valence-corrected chi connectivity index (χ4v) is 1.97. The van der Waals surface area contributed by atoms with Gasteiger partial charge in [-0.2, -0.15) is 5.10 Å². The monoisotopic (exact) mass is 249 g/mol. The molecule has 2 heterocycles. The van der Waals surface area contributed by atoms with Crippen LogP contribution < -0.4 is 0 Å². The largest absolute Gasteiger partial charge is 0.481 e. The maximum Gasteiger partial charge on any atom is 0.308 e. The van der Waals surface area contributed by atoms with Crippen molar-refractivity contribution in [2.45, 2.75) is 6.42 Å². The molecule has 6 nitrogen and oxygen atoms in total. The van der Waals surface area contributed by atoms with Gasteiger partial charge in [-0.25, -0.2) is 0 Å². The van der Waals surface area contributed by atoms with Crippen molar-refractivity contribution in [2.24, 2.45) is 13.0 Å². The minimum Gasteiger partial charge on any atom is -0.481 e. The van der Waals surface area contributed by atoms with Crippen LogP contribution in [0.2, 0.25) is 0 Å². The first-order valence-electron chi connectivity index (χ1n) is 5.75. The molecule has 1 amide bonds. The van der Waals surface area contributed by atoms with Crippen LogP contribution in [0.15, 0.2) is 18.3 Å². The number of hydrogen-bond donors (Lipinski definition) is 1. The van der Waals surface area contributed by atoms with Crippen LogP contribution in [0, 0.1) is 5.92 Å². The number of nitrogens with zero attached hydrogens (tertiary/aromatic N) is 3. The third-order valence-electron chi connectivity index (χ3n) is 3.10. The number of likely N-dealkylation sites (tertiary alicyclic amines) is 1. The summed E-state index contributed by atoms with van der Waals surface area (Å²) in [4.78, 5) is 24.2. The van der Waals surface area contributed by atoms with Gasteiger partial charge in [-0.1, -0.05) is 0 Å². The van der Waals surface area contributed by atoms with Gasteiger partial charge in [0.05, 0.1) is 11.6 Å². The van der Waals surface area contributed by atoms with E-state index in [2.05, 4.69) is 5.10 Å². The molecule has 96 valence electrons. The fraction of sp³-hybridized carbons (Fsp3) is 0.417. The molecule has 1 aromatic heterocycles. The molecule has 6 heteroatoms. The lowest BCUT2D eigenvalue weighted by molar-refractivity contribution is -0.141. The molecule has 1 atom stereocenters. The van der Waals surface area contributed by atoms with Gasteiger partial charge in [0.15, 0.2) is 0 Å². The maximum atomic E-state index is 11.8. The molecule has 0 radical (unpaired) electrons. The third-order valence-corrected chi connectivity index (χ3v) is 3.10. The second-order valence-electron chi connectivity index (χ2n) is 4.32. The number of aromatic nitrogens is 2. The first-order valence-corrected chi connectivity index (χ1v) is 5.75. The molecule has 0 saturated carbocycles. The van der Waals surface area contributed by atoms with Crippen LogP contribution in [0.4, 0.5) is 0 Å². The zero-order valence-electron chi connectivity index (χ0n) is 10.1. The second-order valence-corrected chi connectivity index (χ2v) is 4.32. The lowest BCUT2D eigenvalue weighted by Crippen LogP contribution is -2.28. The standard InChI is InChI=1S/C12H15N3O3/c1-14-10(4-6-13-14)2-3-11(16)15-7-5-9(8-15)12(17)18/h2-4,6,9H,5,7-8H2,1H3,(H,17,18)/b3-2+/t9-/m0/s1. The smallest absolute Gasteiger partial charge is 0.308 e. The van der Waals surface area contributed by atoms with Gasteiger partial charge in [-0.05, 0) is 18.6 Å². The quantitative estimate of drug-likeness (QED) is 0.785. The molecule has 2 rings (SSSR count). The van der Waals surface area contributed by atoms with E-state index >= 15 is 0 Å². The summed E-state index contributed by atoms with van der Waals surface area (Å²) in [5.74, 6) is -1.42. The van der Waals surface area contributed by atoms with Crippen LogP contribution in [0.25, 0.3) is 6.08 Å². The Morgan fingerprint density at radius 2 is 2.33 bits per heavy atom. The predicted octanol–water partition coefficient (Wildman–Crippen LogP) is 0.366. The van der Waals surface area contributed by atoms with Gasteiger partial charge in [0.25, 0.3) is 0 Å². The number of carboxylic acid groups (broad SMARTS) is 1. The molecule has 0 aromatic carbocycles. The normalized spacial score (nSPS) is 19.6. The summed E-state index contributed by atoms with van der Waals surface area (Å²) in [6.45, 7) is 0.801. The van der Waals surface area contributed by atoms with E-state index in [0.717, 1.165) is 5.69 Å². The molecule has 0 spiro atoms. The highest BCUT2D eigenvalue weighted by molar-refractivity contribution is 5.92. The van der Waals surface area contributed by atoms with E-state index in [1.54, 1.807) is 35.0 Å². The number of carbonyl (C=O) groups excluding carboxylic acids is 1. The molecule has 1 aromatic rings. The van der Waals surface area contributed by atoms with Crippen LogP contribution in [0.5, 0.6) is 0 Å². The molecule has 1 aliphatic rings. The highest BCUT2D eigenvalue weighted by Crippen LogP contribution is 2.16. The van der Waals surface area contributed by atoms with Crippen molar-refractivity contribution in [2.75, 3.05) is 13.1 Å². The topological polar surface area (TPSA) is 75.4 Å². The summed E-state index contributed by atoms with van der Waals surface area (Å²) in [5.41, 5.74) is 0.831. The van der Waals surface area contributed by atoms with Crippen molar-refractivity contribution < 1.29 is 14.7 Å². The molecule has 0 bridgehead atoms. The molecule has 0 aliphatic carbocycles. The second kappa shape index (κ2) is 5.03. The molecular weight excluding hydrogens is 234 g/mol. The zero-order valence-corrected chi connectivity index (χ0v) is 10.1. The SMILES string of the molecule is Cn1nccc1/C=C/C(=O)N1CC[C@H](C(=O)O)C1. The zero-order chi connectivity index (χ0) is 13.1. The number of rotatable bonds is 3. The van der Waals surface area contributed by atoms with Crippen LogP contribution >= 0.6 is 0 Å². The van der Waals surface area contributed by atoms with Crippen molar-refractivity contribution in [1.29, 1.82) is 0 Å². The third kappa shape index (κ3) is 2.58. The Kier molecular flexibility index (Phi) is 3.45. The van der Waals surface area contributed by atoms with E-state index in [4.69, 9.17) is 5.11 Å². The average molecular weight is 249 g/mol. The number of carbonyl (C=O) groups is 2. The van der Waals surface area contributed by atoms with Crippen LogP contribution in [0.1, 0.15) is 12.1 Å². The van der Waals surface area contributed by atoms with Crippen molar-refractivity contribution in [1.82, 2.24) is 14.7 Å². The summed E-state index contributed by atoms with van der Waals surface area (Å²) < 4.78 is 1.66. The summed E-state index contributed by atoms with van der Waals surface area (Å²) in [5, 5.41) is 12.9. The van der Waals surface area contributed by atoms with E-state index in [1.165, 1.54) is 6.08 Å². The van der Waals surface area contributed by atoms with Crippen molar-refractivity contribution >= 4 is 18.0 Å². The van der Waals surface area contributed by atoms with E-state index in [1.807, 2.05) is 0 Å². The minimum absolute atomic E-state index is 0.153.